The van der Waals surface area contributed by atoms with E-state index in [-0.39, 0.29) is 5.78 Å². The molecule has 0 aliphatic carbocycles. The number of ketones is 1. The highest BCUT2D eigenvalue weighted by Gasteiger charge is 2.08. The Morgan fingerprint density at radius 2 is 1.89 bits per heavy atom. The quantitative estimate of drug-likeness (QED) is 0.742. The standard InChI is InChI=1S/C17H18O2/c1-3-11-19-15-8-6-7-14(12-15)17-10-5-4-9-16(17)13(2)18/h4-10,12H,3,11H2,1-2H3. The Kier molecular flexibility index (Phi) is 4.35. The lowest BCUT2D eigenvalue weighted by molar-refractivity contribution is 0.101. The number of carbonyl (C=O) groups is 1. The Labute approximate surface area is 114 Å². The van der Waals surface area contributed by atoms with Crippen LogP contribution in [0.1, 0.15) is 30.6 Å². The van der Waals surface area contributed by atoms with E-state index in [4.69, 9.17) is 4.74 Å². The Balaban J connectivity index is 2.39. The average Bonchev–Trinajstić information content (AvgIpc) is 2.45. The fourth-order valence-corrected chi connectivity index (χ4v) is 2.02. The van der Waals surface area contributed by atoms with Crippen molar-refractivity contribution in [1.82, 2.24) is 0 Å². The number of ether oxygens (including phenoxy) is 1. The molecule has 0 N–H and O–H groups in total. The van der Waals surface area contributed by atoms with E-state index in [0.29, 0.717) is 6.61 Å². The van der Waals surface area contributed by atoms with Crippen LogP contribution >= 0.6 is 0 Å². The van der Waals surface area contributed by atoms with Gasteiger partial charge in [-0.15, -0.1) is 0 Å². The predicted molar refractivity (Wildman–Crippen MR) is 77.7 cm³/mol. The molecular weight excluding hydrogens is 236 g/mol. The zero-order valence-corrected chi connectivity index (χ0v) is 11.3. The number of rotatable bonds is 5. The lowest BCUT2D eigenvalue weighted by Crippen LogP contribution is -1.97. The number of Topliss-reactive ketones (excluding diaryl/α,β-unsaturated/α-hetero) is 1. The van der Waals surface area contributed by atoms with E-state index in [0.717, 1.165) is 28.9 Å². The SMILES string of the molecule is CCCOc1cccc(-c2ccccc2C(C)=O)c1. The second-order valence-electron chi connectivity index (χ2n) is 4.48. The van der Waals surface area contributed by atoms with Gasteiger partial charge >= 0.3 is 0 Å². The third-order valence-corrected chi connectivity index (χ3v) is 2.92. The van der Waals surface area contributed by atoms with Crippen LogP contribution < -0.4 is 4.74 Å². The van der Waals surface area contributed by atoms with Crippen molar-refractivity contribution in [3.05, 3.63) is 54.1 Å². The summed E-state index contributed by atoms with van der Waals surface area (Å²) in [6.07, 6.45) is 0.980. The van der Waals surface area contributed by atoms with Crippen LogP contribution in [-0.4, -0.2) is 12.4 Å². The molecule has 0 atom stereocenters. The van der Waals surface area contributed by atoms with E-state index in [2.05, 4.69) is 6.92 Å². The van der Waals surface area contributed by atoms with Crippen LogP contribution in [-0.2, 0) is 0 Å². The molecule has 2 nitrogen and oxygen atoms in total. The Morgan fingerprint density at radius 1 is 1.11 bits per heavy atom. The lowest BCUT2D eigenvalue weighted by Gasteiger charge is -2.09. The van der Waals surface area contributed by atoms with Gasteiger partial charge in [-0.3, -0.25) is 4.79 Å². The minimum absolute atomic E-state index is 0.0791. The Bertz CT molecular complexity index is 573. The van der Waals surface area contributed by atoms with Crippen LogP contribution in [0.25, 0.3) is 11.1 Å². The molecule has 0 fully saturated rings. The zero-order valence-electron chi connectivity index (χ0n) is 11.3. The molecule has 0 aromatic heterocycles. The smallest absolute Gasteiger partial charge is 0.160 e. The summed E-state index contributed by atoms with van der Waals surface area (Å²) < 4.78 is 5.63. The molecule has 19 heavy (non-hydrogen) atoms. The van der Waals surface area contributed by atoms with Gasteiger partial charge in [0.15, 0.2) is 5.78 Å². The van der Waals surface area contributed by atoms with Gasteiger partial charge in [0.05, 0.1) is 6.61 Å². The van der Waals surface area contributed by atoms with Crippen molar-refractivity contribution in [3.63, 3.8) is 0 Å². The number of carbonyl (C=O) groups excluding carboxylic acids is 1. The minimum atomic E-state index is 0.0791. The van der Waals surface area contributed by atoms with Crippen LogP contribution in [0, 0.1) is 0 Å². The summed E-state index contributed by atoms with van der Waals surface area (Å²) in [4.78, 5) is 11.7. The molecule has 2 aromatic rings. The molecule has 0 amide bonds. The largest absolute Gasteiger partial charge is 0.494 e. The van der Waals surface area contributed by atoms with Gasteiger partial charge in [0, 0.05) is 5.56 Å². The average molecular weight is 254 g/mol. The van der Waals surface area contributed by atoms with E-state index in [1.165, 1.54) is 0 Å². The predicted octanol–water partition coefficient (Wildman–Crippen LogP) is 4.35. The molecule has 0 spiro atoms. The molecule has 0 unspecified atom stereocenters. The summed E-state index contributed by atoms with van der Waals surface area (Å²) in [6, 6.07) is 15.5. The maximum Gasteiger partial charge on any atom is 0.160 e. The van der Waals surface area contributed by atoms with E-state index < -0.39 is 0 Å². The van der Waals surface area contributed by atoms with Crippen LogP contribution in [0.5, 0.6) is 5.75 Å². The molecule has 0 saturated heterocycles. The fourth-order valence-electron chi connectivity index (χ4n) is 2.02. The molecule has 98 valence electrons. The van der Waals surface area contributed by atoms with Crippen LogP contribution in [0.3, 0.4) is 0 Å². The van der Waals surface area contributed by atoms with Crippen LogP contribution in [0.15, 0.2) is 48.5 Å². The summed E-state index contributed by atoms with van der Waals surface area (Å²) >= 11 is 0. The van der Waals surface area contributed by atoms with E-state index in [1.807, 2.05) is 48.5 Å². The topological polar surface area (TPSA) is 26.3 Å². The molecular formula is C17H18O2. The maximum absolute atomic E-state index is 11.7. The number of hydrogen-bond acceptors (Lipinski definition) is 2. The molecule has 0 bridgehead atoms. The molecule has 0 saturated carbocycles. The maximum atomic E-state index is 11.7. The normalized spacial score (nSPS) is 10.2. The summed E-state index contributed by atoms with van der Waals surface area (Å²) in [5.41, 5.74) is 2.71. The Morgan fingerprint density at radius 3 is 2.63 bits per heavy atom. The summed E-state index contributed by atoms with van der Waals surface area (Å²) in [7, 11) is 0. The summed E-state index contributed by atoms with van der Waals surface area (Å²) in [6.45, 7) is 4.38. The molecule has 2 aromatic carbocycles. The third kappa shape index (κ3) is 3.22. The first-order valence-corrected chi connectivity index (χ1v) is 6.55. The Hall–Kier alpha value is -2.09. The highest BCUT2D eigenvalue weighted by atomic mass is 16.5. The van der Waals surface area contributed by atoms with Crippen molar-refractivity contribution in [3.8, 4) is 16.9 Å². The first-order valence-electron chi connectivity index (χ1n) is 6.55. The summed E-state index contributed by atoms with van der Waals surface area (Å²) in [5, 5.41) is 0. The molecule has 0 aliphatic rings. The number of benzene rings is 2. The minimum Gasteiger partial charge on any atom is -0.494 e. The second kappa shape index (κ2) is 6.19. The molecule has 0 radical (unpaired) electrons. The van der Waals surface area contributed by atoms with Crippen molar-refractivity contribution in [2.45, 2.75) is 20.3 Å². The van der Waals surface area contributed by atoms with Gasteiger partial charge in [0.2, 0.25) is 0 Å². The van der Waals surface area contributed by atoms with Gasteiger partial charge in [-0.05, 0) is 36.6 Å². The molecule has 0 aliphatic heterocycles. The number of hydrogen-bond donors (Lipinski definition) is 0. The monoisotopic (exact) mass is 254 g/mol. The third-order valence-electron chi connectivity index (χ3n) is 2.92. The van der Waals surface area contributed by atoms with Crippen molar-refractivity contribution in [1.29, 1.82) is 0 Å². The van der Waals surface area contributed by atoms with E-state index >= 15 is 0 Å². The van der Waals surface area contributed by atoms with E-state index in [1.54, 1.807) is 6.92 Å². The highest BCUT2D eigenvalue weighted by molar-refractivity contribution is 6.00. The van der Waals surface area contributed by atoms with Crippen LogP contribution in [0.2, 0.25) is 0 Å². The van der Waals surface area contributed by atoms with Crippen LogP contribution in [0.4, 0.5) is 0 Å². The molecule has 2 rings (SSSR count). The van der Waals surface area contributed by atoms with Gasteiger partial charge in [-0.1, -0.05) is 43.3 Å². The van der Waals surface area contributed by atoms with Gasteiger partial charge < -0.3 is 4.74 Å². The van der Waals surface area contributed by atoms with Crippen molar-refractivity contribution in [2.24, 2.45) is 0 Å². The second-order valence-corrected chi connectivity index (χ2v) is 4.48. The fraction of sp³-hybridized carbons (Fsp3) is 0.235. The van der Waals surface area contributed by atoms with Gasteiger partial charge in [0.1, 0.15) is 5.75 Å². The molecule has 0 heterocycles. The first kappa shape index (κ1) is 13.3. The van der Waals surface area contributed by atoms with Gasteiger partial charge in [-0.2, -0.15) is 0 Å². The molecule has 2 heteroatoms. The summed E-state index contributed by atoms with van der Waals surface area (Å²) in [5.74, 6) is 0.924. The van der Waals surface area contributed by atoms with Gasteiger partial charge in [0.25, 0.3) is 0 Å². The zero-order chi connectivity index (χ0) is 13.7. The lowest BCUT2D eigenvalue weighted by atomic mass is 9.97. The first-order chi connectivity index (χ1) is 9.22. The van der Waals surface area contributed by atoms with E-state index in [9.17, 15) is 4.79 Å². The highest BCUT2D eigenvalue weighted by Crippen LogP contribution is 2.27. The van der Waals surface area contributed by atoms with Crippen molar-refractivity contribution in [2.75, 3.05) is 6.61 Å². The van der Waals surface area contributed by atoms with Crippen molar-refractivity contribution < 1.29 is 9.53 Å². The van der Waals surface area contributed by atoms with Gasteiger partial charge in [-0.25, -0.2) is 0 Å². The van der Waals surface area contributed by atoms with Crippen molar-refractivity contribution >= 4 is 5.78 Å².